The molecule has 0 fully saturated rings. The normalized spacial score (nSPS) is 11.4. The Balaban J connectivity index is 2.35. The fourth-order valence-electron chi connectivity index (χ4n) is 1.14. The number of nitrogens with zero attached hydrogens (tertiary/aromatic N) is 1. The summed E-state index contributed by atoms with van der Waals surface area (Å²) >= 11 is 5.75. The van der Waals surface area contributed by atoms with Crippen LogP contribution in [-0.2, 0) is 10.0 Å². The summed E-state index contributed by atoms with van der Waals surface area (Å²) in [6.07, 6.45) is 2.42. The molecular formula is C9H8ClN3O3S. The molecule has 6 nitrogen and oxygen atoms in total. The summed E-state index contributed by atoms with van der Waals surface area (Å²) < 4.78 is 30.6. The number of anilines is 2. The Kier molecular flexibility index (Phi) is 2.95. The highest BCUT2D eigenvalue weighted by Crippen LogP contribution is 2.23. The number of nitrogen functional groups attached to an aromatic ring is 1. The maximum Gasteiger partial charge on any atom is 0.262 e. The van der Waals surface area contributed by atoms with Gasteiger partial charge in [0.15, 0.2) is 0 Å². The molecule has 0 radical (unpaired) electrons. The number of hydrogen-bond acceptors (Lipinski definition) is 5. The van der Waals surface area contributed by atoms with E-state index in [1.54, 1.807) is 0 Å². The highest BCUT2D eigenvalue weighted by molar-refractivity contribution is 7.92. The molecule has 1 aromatic carbocycles. The predicted octanol–water partition coefficient (Wildman–Crippen LogP) is 1.71. The van der Waals surface area contributed by atoms with Crippen molar-refractivity contribution in [2.75, 3.05) is 10.5 Å². The second-order valence-corrected chi connectivity index (χ2v) is 5.29. The topological polar surface area (TPSA) is 98.2 Å². The molecule has 8 heteroatoms. The van der Waals surface area contributed by atoms with Gasteiger partial charge in [-0.05, 0) is 18.2 Å². The van der Waals surface area contributed by atoms with Crippen molar-refractivity contribution in [3.05, 3.63) is 35.7 Å². The molecule has 0 atom stereocenters. The first-order chi connectivity index (χ1) is 7.99. The third-order valence-corrected chi connectivity index (χ3v) is 3.67. The number of nitrogens with two attached hydrogens (primary N) is 1. The number of sulfonamides is 1. The van der Waals surface area contributed by atoms with Crippen LogP contribution in [0, 0.1) is 0 Å². The summed E-state index contributed by atoms with van der Waals surface area (Å²) in [6.45, 7) is 0. The van der Waals surface area contributed by atoms with Crippen molar-refractivity contribution >= 4 is 33.0 Å². The molecule has 2 rings (SSSR count). The molecule has 0 unspecified atom stereocenters. The zero-order valence-electron chi connectivity index (χ0n) is 8.42. The van der Waals surface area contributed by atoms with Gasteiger partial charge in [-0.2, -0.15) is 0 Å². The largest absolute Gasteiger partial charge is 0.398 e. The first-order valence-corrected chi connectivity index (χ1v) is 6.32. The van der Waals surface area contributed by atoms with E-state index < -0.39 is 10.0 Å². The lowest BCUT2D eigenvalue weighted by molar-refractivity contribution is 0.420. The smallest absolute Gasteiger partial charge is 0.262 e. The van der Waals surface area contributed by atoms with Crippen LogP contribution in [-0.4, -0.2) is 13.6 Å². The van der Waals surface area contributed by atoms with E-state index in [1.807, 2.05) is 0 Å². The Labute approximate surface area is 102 Å². The Morgan fingerprint density at radius 2 is 2.18 bits per heavy atom. The average Bonchev–Trinajstić information content (AvgIpc) is 2.73. The predicted molar refractivity (Wildman–Crippen MR) is 63.2 cm³/mol. The van der Waals surface area contributed by atoms with Crippen molar-refractivity contribution in [1.29, 1.82) is 0 Å². The summed E-state index contributed by atoms with van der Waals surface area (Å²) in [7, 11) is -3.71. The fraction of sp³-hybridized carbons (Fsp3) is 0. The van der Waals surface area contributed by atoms with Crippen LogP contribution in [0.2, 0.25) is 5.02 Å². The molecule has 3 N–H and O–H groups in total. The molecule has 2 aromatic rings. The number of benzene rings is 1. The molecular weight excluding hydrogens is 266 g/mol. The molecule has 90 valence electrons. The lowest BCUT2D eigenvalue weighted by Crippen LogP contribution is -2.12. The number of aromatic nitrogens is 1. The Hall–Kier alpha value is -1.73. The minimum absolute atomic E-state index is 0.0119. The van der Waals surface area contributed by atoms with Crippen molar-refractivity contribution in [2.45, 2.75) is 4.90 Å². The zero-order valence-corrected chi connectivity index (χ0v) is 9.99. The van der Waals surface area contributed by atoms with Crippen LogP contribution in [0.5, 0.6) is 0 Å². The van der Waals surface area contributed by atoms with E-state index in [0.29, 0.717) is 5.69 Å². The van der Waals surface area contributed by atoms with E-state index in [2.05, 4.69) is 14.4 Å². The maximum absolute atomic E-state index is 11.9. The van der Waals surface area contributed by atoms with Crippen LogP contribution in [0.15, 0.2) is 40.1 Å². The quantitative estimate of drug-likeness (QED) is 0.830. The van der Waals surface area contributed by atoms with Crippen LogP contribution in [0.4, 0.5) is 11.4 Å². The van der Waals surface area contributed by atoms with Gasteiger partial charge in [0.1, 0.15) is 12.0 Å². The third kappa shape index (κ3) is 2.51. The van der Waals surface area contributed by atoms with Crippen molar-refractivity contribution < 1.29 is 12.9 Å². The van der Waals surface area contributed by atoms with Gasteiger partial charge in [-0.1, -0.05) is 16.8 Å². The zero-order chi connectivity index (χ0) is 12.5. The summed E-state index contributed by atoms with van der Waals surface area (Å²) in [5.74, 6) is 0. The maximum atomic E-state index is 11.9. The van der Waals surface area contributed by atoms with E-state index >= 15 is 0 Å². The molecule has 0 aliphatic heterocycles. The average molecular weight is 274 g/mol. The minimum atomic E-state index is -3.71. The van der Waals surface area contributed by atoms with Gasteiger partial charge in [-0.15, -0.1) is 0 Å². The van der Waals surface area contributed by atoms with Gasteiger partial charge in [0.25, 0.3) is 10.0 Å². The van der Waals surface area contributed by atoms with Crippen molar-refractivity contribution in [3.63, 3.8) is 0 Å². The van der Waals surface area contributed by atoms with Crippen molar-refractivity contribution in [2.24, 2.45) is 0 Å². The van der Waals surface area contributed by atoms with E-state index in [1.165, 1.54) is 30.7 Å². The molecule has 1 heterocycles. The summed E-state index contributed by atoms with van der Waals surface area (Å²) in [4.78, 5) is 0.0119. The standard InChI is InChI=1S/C9H8ClN3O3S/c10-8-3-7(1-2-9(8)11)17(14,15)13-6-4-12-16-5-6/h1-5,13H,11H2. The van der Waals surface area contributed by atoms with Gasteiger partial charge in [0, 0.05) is 0 Å². The molecule has 0 spiro atoms. The van der Waals surface area contributed by atoms with E-state index in [9.17, 15) is 8.42 Å². The molecule has 0 aliphatic carbocycles. The van der Waals surface area contributed by atoms with Gasteiger partial charge < -0.3 is 10.3 Å². The number of hydrogen-bond donors (Lipinski definition) is 2. The van der Waals surface area contributed by atoms with Crippen LogP contribution in [0.25, 0.3) is 0 Å². The van der Waals surface area contributed by atoms with Gasteiger partial charge in [0.05, 0.1) is 21.8 Å². The summed E-state index contributed by atoms with van der Waals surface area (Å²) in [5, 5.41) is 3.56. The number of halogens is 1. The van der Waals surface area contributed by atoms with Gasteiger partial charge in [-0.3, -0.25) is 4.72 Å². The second-order valence-electron chi connectivity index (χ2n) is 3.20. The van der Waals surface area contributed by atoms with E-state index in [-0.39, 0.29) is 15.6 Å². The molecule has 0 amide bonds. The highest BCUT2D eigenvalue weighted by atomic mass is 35.5. The number of rotatable bonds is 3. The molecule has 0 saturated heterocycles. The SMILES string of the molecule is Nc1ccc(S(=O)(=O)Nc2cnoc2)cc1Cl. The Bertz CT molecular complexity index is 625. The molecule has 1 aromatic heterocycles. The molecule has 0 bridgehead atoms. The highest BCUT2D eigenvalue weighted by Gasteiger charge is 2.16. The lowest BCUT2D eigenvalue weighted by atomic mass is 10.3. The Morgan fingerprint density at radius 1 is 1.41 bits per heavy atom. The van der Waals surface area contributed by atoms with Gasteiger partial charge >= 0.3 is 0 Å². The molecule has 17 heavy (non-hydrogen) atoms. The van der Waals surface area contributed by atoms with Gasteiger partial charge in [-0.25, -0.2) is 8.42 Å². The summed E-state index contributed by atoms with van der Waals surface area (Å²) in [6, 6.07) is 4.05. The van der Waals surface area contributed by atoms with Crippen LogP contribution >= 0.6 is 11.6 Å². The molecule has 0 saturated carbocycles. The Morgan fingerprint density at radius 3 is 2.76 bits per heavy atom. The van der Waals surface area contributed by atoms with Crippen molar-refractivity contribution in [1.82, 2.24) is 5.16 Å². The van der Waals surface area contributed by atoms with Gasteiger partial charge in [0.2, 0.25) is 0 Å². The monoisotopic (exact) mass is 273 g/mol. The lowest BCUT2D eigenvalue weighted by Gasteiger charge is -2.06. The first kappa shape index (κ1) is 11.7. The van der Waals surface area contributed by atoms with Crippen molar-refractivity contribution in [3.8, 4) is 0 Å². The summed E-state index contributed by atoms with van der Waals surface area (Å²) in [5.41, 5.74) is 6.05. The van der Waals surface area contributed by atoms with E-state index in [4.69, 9.17) is 17.3 Å². The first-order valence-electron chi connectivity index (χ1n) is 4.46. The van der Waals surface area contributed by atoms with Crippen LogP contribution in [0.1, 0.15) is 0 Å². The van der Waals surface area contributed by atoms with E-state index in [0.717, 1.165) is 0 Å². The minimum Gasteiger partial charge on any atom is -0.398 e. The second kappa shape index (κ2) is 4.27. The molecule has 0 aliphatic rings. The fourth-order valence-corrected chi connectivity index (χ4v) is 2.44. The van der Waals surface area contributed by atoms with Crippen LogP contribution < -0.4 is 10.5 Å². The third-order valence-electron chi connectivity index (χ3n) is 1.97. The van der Waals surface area contributed by atoms with Crippen LogP contribution in [0.3, 0.4) is 0 Å². The number of nitrogens with one attached hydrogen (secondary N) is 1.